The molecule has 0 radical (unpaired) electrons. The number of fused-ring (bicyclic) bond motifs is 1. The molecule has 1 aliphatic carbocycles. The van der Waals surface area contributed by atoms with Crippen molar-refractivity contribution >= 4 is 5.65 Å². The third kappa shape index (κ3) is 2.89. The van der Waals surface area contributed by atoms with Crippen LogP contribution in [-0.2, 0) is 6.61 Å². The van der Waals surface area contributed by atoms with Crippen LogP contribution in [0.25, 0.3) is 5.65 Å². The van der Waals surface area contributed by atoms with Gasteiger partial charge in [-0.05, 0) is 24.8 Å². The second kappa shape index (κ2) is 5.31. The van der Waals surface area contributed by atoms with Crippen molar-refractivity contribution in [1.29, 1.82) is 0 Å². The standard InChI is InChI=1S/C14H18F2N4O/c15-14(16)3-1-10(2-4-14)13(17)11-7-20-12(19-11)5-9(8-21)6-18-20/h5-7,10,13,21H,1-4,8,17H2. The lowest BCUT2D eigenvalue weighted by molar-refractivity contribution is -0.0484. The summed E-state index contributed by atoms with van der Waals surface area (Å²) in [5, 5.41) is 13.2. The molecule has 2 aromatic heterocycles. The highest BCUT2D eigenvalue weighted by molar-refractivity contribution is 5.41. The SMILES string of the molecule is NC(c1cn2ncc(CO)cc2n1)C1CCC(F)(F)CC1. The minimum atomic E-state index is -2.55. The number of halogens is 2. The summed E-state index contributed by atoms with van der Waals surface area (Å²) < 4.78 is 28.0. The highest BCUT2D eigenvalue weighted by atomic mass is 19.3. The molecule has 1 fully saturated rings. The summed E-state index contributed by atoms with van der Waals surface area (Å²) in [7, 11) is 0. The molecule has 7 heteroatoms. The van der Waals surface area contributed by atoms with Gasteiger partial charge in [-0.1, -0.05) is 0 Å². The van der Waals surface area contributed by atoms with E-state index in [1.165, 1.54) is 0 Å². The van der Waals surface area contributed by atoms with Gasteiger partial charge < -0.3 is 10.8 Å². The predicted molar refractivity (Wildman–Crippen MR) is 72.7 cm³/mol. The van der Waals surface area contributed by atoms with Crippen LogP contribution < -0.4 is 5.73 Å². The lowest BCUT2D eigenvalue weighted by atomic mass is 9.81. The first kappa shape index (κ1) is 14.3. The molecule has 3 N–H and O–H groups in total. The van der Waals surface area contributed by atoms with E-state index in [-0.39, 0.29) is 31.4 Å². The Bertz CT molecular complexity index is 633. The van der Waals surface area contributed by atoms with Crippen molar-refractivity contribution in [3.05, 3.63) is 29.7 Å². The van der Waals surface area contributed by atoms with Gasteiger partial charge in [0.2, 0.25) is 5.92 Å². The minimum absolute atomic E-state index is 0.0202. The number of hydrogen-bond acceptors (Lipinski definition) is 4. The monoisotopic (exact) mass is 296 g/mol. The normalized spacial score (nSPS) is 20.8. The van der Waals surface area contributed by atoms with Crippen molar-refractivity contribution in [3.8, 4) is 0 Å². The van der Waals surface area contributed by atoms with Gasteiger partial charge in [0.05, 0.1) is 30.7 Å². The van der Waals surface area contributed by atoms with Gasteiger partial charge in [0.15, 0.2) is 5.65 Å². The second-order valence-corrected chi connectivity index (χ2v) is 5.71. The van der Waals surface area contributed by atoms with Crippen molar-refractivity contribution in [2.24, 2.45) is 11.7 Å². The first-order valence-corrected chi connectivity index (χ1v) is 7.07. The zero-order chi connectivity index (χ0) is 15.0. The molecule has 0 amide bonds. The van der Waals surface area contributed by atoms with Gasteiger partial charge in [-0.2, -0.15) is 5.10 Å². The van der Waals surface area contributed by atoms with E-state index >= 15 is 0 Å². The molecular formula is C14H18F2N4O. The fourth-order valence-corrected chi connectivity index (χ4v) is 2.84. The van der Waals surface area contributed by atoms with E-state index in [0.717, 1.165) is 0 Å². The highest BCUT2D eigenvalue weighted by Gasteiger charge is 2.37. The number of alkyl halides is 2. The van der Waals surface area contributed by atoms with Gasteiger partial charge >= 0.3 is 0 Å². The number of hydrogen-bond donors (Lipinski definition) is 2. The summed E-state index contributed by atoms with van der Waals surface area (Å²) in [6, 6.07) is 1.37. The van der Waals surface area contributed by atoms with E-state index in [4.69, 9.17) is 10.8 Å². The van der Waals surface area contributed by atoms with Crippen LogP contribution in [0.3, 0.4) is 0 Å². The number of aromatic nitrogens is 3. The Hall–Kier alpha value is -1.60. The fraction of sp³-hybridized carbons (Fsp3) is 0.571. The number of nitrogens with two attached hydrogens (primary N) is 1. The topological polar surface area (TPSA) is 76.4 Å². The van der Waals surface area contributed by atoms with E-state index < -0.39 is 5.92 Å². The largest absolute Gasteiger partial charge is 0.392 e. The first-order chi connectivity index (χ1) is 9.98. The van der Waals surface area contributed by atoms with E-state index in [0.29, 0.717) is 29.7 Å². The Morgan fingerprint density at radius 3 is 2.81 bits per heavy atom. The second-order valence-electron chi connectivity index (χ2n) is 5.71. The lowest BCUT2D eigenvalue weighted by Gasteiger charge is -2.31. The highest BCUT2D eigenvalue weighted by Crippen LogP contribution is 2.40. The molecule has 2 heterocycles. The molecule has 3 rings (SSSR count). The van der Waals surface area contributed by atoms with Gasteiger partial charge in [0.25, 0.3) is 0 Å². The Morgan fingerprint density at radius 2 is 2.14 bits per heavy atom. The van der Waals surface area contributed by atoms with Crippen LogP contribution in [0.1, 0.15) is 43.0 Å². The Morgan fingerprint density at radius 1 is 1.43 bits per heavy atom. The maximum absolute atomic E-state index is 13.2. The smallest absolute Gasteiger partial charge is 0.248 e. The summed E-state index contributed by atoms with van der Waals surface area (Å²) in [5.74, 6) is -2.53. The number of imidazole rings is 1. The molecule has 1 unspecified atom stereocenters. The van der Waals surface area contributed by atoms with Crippen molar-refractivity contribution in [2.75, 3.05) is 0 Å². The van der Waals surface area contributed by atoms with Crippen molar-refractivity contribution < 1.29 is 13.9 Å². The Balaban J connectivity index is 1.80. The zero-order valence-corrected chi connectivity index (χ0v) is 11.5. The molecular weight excluding hydrogens is 278 g/mol. The van der Waals surface area contributed by atoms with E-state index in [1.807, 2.05) is 0 Å². The number of nitrogens with zero attached hydrogens (tertiary/aromatic N) is 3. The van der Waals surface area contributed by atoms with Gasteiger partial charge in [0, 0.05) is 18.4 Å². The van der Waals surface area contributed by atoms with Crippen LogP contribution in [0.4, 0.5) is 8.78 Å². The molecule has 1 aliphatic rings. The predicted octanol–water partition coefficient (Wildman–Crippen LogP) is 2.05. The molecule has 5 nitrogen and oxygen atoms in total. The van der Waals surface area contributed by atoms with Crippen LogP contribution in [0.2, 0.25) is 0 Å². The molecule has 1 atom stereocenters. The molecule has 1 saturated carbocycles. The van der Waals surface area contributed by atoms with Gasteiger partial charge in [-0.3, -0.25) is 0 Å². The molecule has 0 spiro atoms. The van der Waals surface area contributed by atoms with Crippen LogP contribution in [0.5, 0.6) is 0 Å². The van der Waals surface area contributed by atoms with Gasteiger partial charge in [0.1, 0.15) is 0 Å². The molecule has 114 valence electrons. The van der Waals surface area contributed by atoms with Crippen molar-refractivity contribution in [1.82, 2.24) is 14.6 Å². The van der Waals surface area contributed by atoms with E-state index in [1.54, 1.807) is 23.0 Å². The average Bonchev–Trinajstić information content (AvgIpc) is 2.89. The number of aliphatic hydroxyl groups is 1. The quantitative estimate of drug-likeness (QED) is 0.909. The summed E-state index contributed by atoms with van der Waals surface area (Å²) in [4.78, 5) is 4.41. The maximum Gasteiger partial charge on any atom is 0.248 e. The summed E-state index contributed by atoms with van der Waals surface area (Å²) >= 11 is 0. The van der Waals surface area contributed by atoms with Crippen LogP contribution in [0, 0.1) is 5.92 Å². The maximum atomic E-state index is 13.2. The molecule has 0 aliphatic heterocycles. The molecule has 21 heavy (non-hydrogen) atoms. The molecule has 2 aromatic rings. The lowest BCUT2D eigenvalue weighted by Crippen LogP contribution is -2.31. The van der Waals surface area contributed by atoms with Crippen molar-refractivity contribution in [3.63, 3.8) is 0 Å². The third-order valence-corrected chi connectivity index (χ3v) is 4.19. The molecule has 0 saturated heterocycles. The summed E-state index contributed by atoms with van der Waals surface area (Å²) in [6.07, 6.45) is 3.91. The molecule has 0 aromatic carbocycles. The minimum Gasteiger partial charge on any atom is -0.392 e. The average molecular weight is 296 g/mol. The van der Waals surface area contributed by atoms with Gasteiger partial charge in [-0.15, -0.1) is 0 Å². The summed E-state index contributed by atoms with van der Waals surface area (Å²) in [5.41, 5.74) is 8.13. The van der Waals surface area contributed by atoms with Crippen LogP contribution >= 0.6 is 0 Å². The van der Waals surface area contributed by atoms with Gasteiger partial charge in [-0.25, -0.2) is 18.3 Å². The fourth-order valence-electron chi connectivity index (χ4n) is 2.84. The zero-order valence-electron chi connectivity index (χ0n) is 11.5. The number of aliphatic hydroxyl groups excluding tert-OH is 1. The Labute approximate surface area is 120 Å². The van der Waals surface area contributed by atoms with Crippen molar-refractivity contribution in [2.45, 2.75) is 44.3 Å². The summed E-state index contributed by atoms with van der Waals surface area (Å²) in [6.45, 7) is -0.102. The third-order valence-electron chi connectivity index (χ3n) is 4.19. The molecule has 0 bridgehead atoms. The van der Waals surface area contributed by atoms with E-state index in [9.17, 15) is 8.78 Å². The number of rotatable bonds is 3. The van der Waals surface area contributed by atoms with Crippen LogP contribution in [0.15, 0.2) is 18.5 Å². The Kier molecular flexibility index (Phi) is 3.62. The first-order valence-electron chi connectivity index (χ1n) is 7.07. The van der Waals surface area contributed by atoms with E-state index in [2.05, 4.69) is 10.1 Å². The van der Waals surface area contributed by atoms with Crippen LogP contribution in [-0.4, -0.2) is 25.6 Å².